The molecule has 1 aromatic carbocycles. The van der Waals surface area contributed by atoms with Gasteiger partial charge in [-0.1, -0.05) is 24.3 Å². The lowest BCUT2D eigenvalue weighted by molar-refractivity contribution is -0.192. The fourth-order valence-corrected chi connectivity index (χ4v) is 5.21. The Bertz CT molecular complexity index is 1800. The monoisotopic (exact) mass is 569 g/mol. The number of aliphatic carboxylic acids is 1. The number of aromatic nitrogens is 6. The summed E-state index contributed by atoms with van der Waals surface area (Å²) in [5.74, 6) is -2.76. The number of halogens is 3. The van der Waals surface area contributed by atoms with Gasteiger partial charge < -0.3 is 10.1 Å². The van der Waals surface area contributed by atoms with Gasteiger partial charge in [-0.05, 0) is 24.3 Å². The fraction of sp³-hybridized carbons (Fsp3) is 0.120. The topological polar surface area (TPSA) is 168 Å². The number of pyridine rings is 1. The molecule has 5 rings (SSSR count). The summed E-state index contributed by atoms with van der Waals surface area (Å²) >= 11 is 0. The summed E-state index contributed by atoms with van der Waals surface area (Å²) in [6, 6.07) is 14.8. The van der Waals surface area contributed by atoms with Gasteiger partial charge >= 0.3 is 12.1 Å². The molecule has 40 heavy (non-hydrogen) atoms. The molecule has 5 aromatic rings. The highest BCUT2D eigenvalue weighted by atomic mass is 32.2. The van der Waals surface area contributed by atoms with Crippen molar-refractivity contribution in [1.29, 1.82) is 5.26 Å². The highest BCUT2D eigenvalue weighted by molar-refractivity contribution is 7.91. The number of aromatic amines is 1. The maximum absolute atomic E-state index is 13.3. The number of carboxylic acid groups (broad SMARTS) is 1. The number of H-pyrrole nitrogens is 1. The van der Waals surface area contributed by atoms with Gasteiger partial charge in [-0.2, -0.15) is 23.5 Å². The van der Waals surface area contributed by atoms with E-state index in [1.807, 2.05) is 6.07 Å². The summed E-state index contributed by atoms with van der Waals surface area (Å²) in [5, 5.41) is 21.8. The first-order chi connectivity index (χ1) is 19.0. The predicted molar refractivity (Wildman–Crippen MR) is 133 cm³/mol. The van der Waals surface area contributed by atoms with E-state index >= 15 is 0 Å². The summed E-state index contributed by atoms with van der Waals surface area (Å²) in [6.45, 7) is 0. The average Bonchev–Trinajstić information content (AvgIpc) is 3.62. The van der Waals surface area contributed by atoms with E-state index < -0.39 is 28.0 Å². The molecule has 0 amide bonds. The van der Waals surface area contributed by atoms with Crippen molar-refractivity contribution < 1.29 is 31.5 Å². The number of fused-ring (bicyclic) bond motifs is 1. The summed E-state index contributed by atoms with van der Waals surface area (Å²) in [6.07, 6.45) is 2.99. The first-order valence-corrected chi connectivity index (χ1v) is 12.8. The first-order valence-electron chi connectivity index (χ1n) is 11.3. The second-order valence-corrected chi connectivity index (χ2v) is 9.93. The van der Waals surface area contributed by atoms with Crippen molar-refractivity contribution in [1.82, 2.24) is 29.7 Å². The molecule has 0 saturated carbocycles. The van der Waals surface area contributed by atoms with Gasteiger partial charge in [0.15, 0.2) is 5.03 Å². The van der Waals surface area contributed by atoms with E-state index in [0.717, 1.165) is 10.9 Å². The third kappa shape index (κ3) is 5.81. The molecular formula is C25H18F3N7O4S. The van der Waals surface area contributed by atoms with Crippen LogP contribution in [0.1, 0.15) is 18.0 Å². The van der Waals surface area contributed by atoms with E-state index in [-0.39, 0.29) is 16.3 Å². The van der Waals surface area contributed by atoms with Crippen LogP contribution in [0.15, 0.2) is 89.6 Å². The molecule has 4 heterocycles. The molecule has 0 fully saturated rings. The van der Waals surface area contributed by atoms with E-state index in [1.165, 1.54) is 24.7 Å². The highest BCUT2D eigenvalue weighted by Gasteiger charge is 2.38. The van der Waals surface area contributed by atoms with E-state index in [4.69, 9.17) is 9.90 Å². The minimum absolute atomic E-state index is 0.00740. The van der Waals surface area contributed by atoms with Gasteiger partial charge in [0.25, 0.3) is 0 Å². The lowest BCUT2D eigenvalue weighted by Crippen LogP contribution is -2.21. The maximum Gasteiger partial charge on any atom is 0.490 e. The Balaban J connectivity index is 0.000000470. The van der Waals surface area contributed by atoms with Crippen LogP contribution in [0.2, 0.25) is 0 Å². The van der Waals surface area contributed by atoms with Gasteiger partial charge in [-0.15, -0.1) is 0 Å². The van der Waals surface area contributed by atoms with Gasteiger partial charge in [-0.25, -0.2) is 28.2 Å². The molecule has 0 aliphatic heterocycles. The quantitative estimate of drug-likeness (QED) is 0.305. The molecule has 11 nitrogen and oxygen atoms in total. The molecule has 0 spiro atoms. The molecule has 0 bridgehead atoms. The van der Waals surface area contributed by atoms with Crippen LogP contribution >= 0.6 is 0 Å². The van der Waals surface area contributed by atoms with Crippen LogP contribution in [0.5, 0.6) is 0 Å². The van der Waals surface area contributed by atoms with Gasteiger partial charge in [0, 0.05) is 35.1 Å². The number of benzene rings is 1. The molecule has 1 atom stereocenters. The SMILES string of the molecule is N#CCC(c1cccnc1S(=O)(=O)c1ccccc1)n1cc(-c2ncnc3[nH]ccc23)cn1.O=C(O)C(F)(F)F. The fourth-order valence-electron chi connectivity index (χ4n) is 3.76. The number of rotatable bonds is 6. The van der Waals surface area contributed by atoms with Crippen molar-refractivity contribution in [2.24, 2.45) is 0 Å². The lowest BCUT2D eigenvalue weighted by Gasteiger charge is -2.18. The molecule has 2 N–H and O–H groups in total. The molecule has 1 unspecified atom stereocenters. The van der Waals surface area contributed by atoms with Gasteiger partial charge in [-0.3, -0.25) is 4.68 Å². The Kier molecular flexibility index (Phi) is 7.91. The summed E-state index contributed by atoms with van der Waals surface area (Å²) in [7, 11) is -3.89. The second-order valence-electron chi connectivity index (χ2n) is 8.07. The Hall–Kier alpha value is -5.10. The number of nitrogens with one attached hydrogen (secondary N) is 1. The van der Waals surface area contributed by atoms with Crippen LogP contribution in [-0.2, 0) is 14.6 Å². The standard InChI is InChI=1S/C23H17N7O2S.C2HF3O2/c24-10-8-20(18-7-4-11-26-23(18)33(31,32)17-5-2-1-3-6-17)30-14-16(13-29-30)21-19-9-12-25-22(19)28-15-27-21;3-2(4,5)1(6)7/h1-7,9,11-15,20H,8H2,(H,25,27,28);(H,6,7). The van der Waals surface area contributed by atoms with Gasteiger partial charge in [0.1, 0.15) is 12.0 Å². The van der Waals surface area contributed by atoms with Crippen LogP contribution in [-0.4, -0.2) is 55.4 Å². The first kappa shape index (κ1) is 27.9. The Labute approximate surface area is 224 Å². The number of carboxylic acids is 1. The van der Waals surface area contributed by atoms with Crippen molar-refractivity contribution in [3.63, 3.8) is 0 Å². The Morgan fingerprint density at radius 2 is 1.82 bits per heavy atom. The molecule has 0 saturated heterocycles. The Morgan fingerprint density at radius 1 is 1.10 bits per heavy atom. The number of sulfone groups is 1. The molecule has 15 heteroatoms. The normalized spacial score (nSPS) is 12.2. The van der Waals surface area contributed by atoms with Crippen LogP contribution in [0.4, 0.5) is 13.2 Å². The molecular weight excluding hydrogens is 551 g/mol. The van der Waals surface area contributed by atoms with E-state index in [1.54, 1.807) is 53.6 Å². The lowest BCUT2D eigenvalue weighted by atomic mass is 10.1. The smallest absolute Gasteiger partial charge is 0.475 e. The van der Waals surface area contributed by atoms with Crippen molar-refractivity contribution in [3.8, 4) is 17.3 Å². The minimum atomic E-state index is -5.08. The van der Waals surface area contributed by atoms with E-state index in [9.17, 15) is 26.9 Å². The second kappa shape index (κ2) is 11.3. The molecule has 0 radical (unpaired) electrons. The minimum Gasteiger partial charge on any atom is -0.475 e. The van der Waals surface area contributed by atoms with Crippen molar-refractivity contribution in [2.75, 3.05) is 0 Å². The largest absolute Gasteiger partial charge is 0.490 e. The number of hydrogen-bond acceptors (Lipinski definition) is 8. The summed E-state index contributed by atoms with van der Waals surface area (Å²) < 4.78 is 60.0. The number of carbonyl (C=O) groups is 1. The third-order valence-corrected chi connectivity index (χ3v) is 7.29. The van der Waals surface area contributed by atoms with Crippen LogP contribution in [0, 0.1) is 11.3 Å². The Morgan fingerprint density at radius 3 is 2.50 bits per heavy atom. The number of nitrogens with zero attached hydrogens (tertiary/aromatic N) is 6. The maximum atomic E-state index is 13.3. The van der Waals surface area contributed by atoms with Crippen LogP contribution in [0.3, 0.4) is 0 Å². The van der Waals surface area contributed by atoms with Crippen LogP contribution in [0.25, 0.3) is 22.3 Å². The molecule has 204 valence electrons. The zero-order valence-electron chi connectivity index (χ0n) is 20.2. The van der Waals surface area contributed by atoms with E-state index in [2.05, 4.69) is 31.1 Å². The molecule has 0 aliphatic rings. The van der Waals surface area contributed by atoms with Crippen LogP contribution < -0.4 is 0 Å². The highest BCUT2D eigenvalue weighted by Crippen LogP contribution is 2.32. The third-order valence-electron chi connectivity index (χ3n) is 5.54. The summed E-state index contributed by atoms with van der Waals surface area (Å²) in [5.41, 5.74) is 2.50. The van der Waals surface area contributed by atoms with E-state index in [0.29, 0.717) is 16.9 Å². The number of alkyl halides is 3. The van der Waals surface area contributed by atoms with Crippen molar-refractivity contribution >= 4 is 26.8 Å². The molecule has 4 aromatic heterocycles. The van der Waals surface area contributed by atoms with Gasteiger partial charge in [0.2, 0.25) is 9.84 Å². The zero-order valence-corrected chi connectivity index (χ0v) is 21.0. The molecule has 0 aliphatic carbocycles. The summed E-state index contributed by atoms with van der Waals surface area (Å²) in [4.78, 5) is 24.9. The zero-order chi connectivity index (χ0) is 28.9. The predicted octanol–water partition coefficient (Wildman–Crippen LogP) is 4.19. The number of nitriles is 1. The van der Waals surface area contributed by atoms with Gasteiger partial charge in [0.05, 0.1) is 35.3 Å². The number of hydrogen-bond donors (Lipinski definition) is 2. The van der Waals surface area contributed by atoms with Crippen molar-refractivity contribution in [3.05, 3.63) is 85.2 Å². The van der Waals surface area contributed by atoms with Crippen molar-refractivity contribution in [2.45, 2.75) is 28.6 Å². The average molecular weight is 570 g/mol.